The molecule has 1 amide bonds. The Labute approximate surface area is 110 Å². The Hall–Kier alpha value is -1.35. The van der Waals surface area contributed by atoms with Crippen molar-refractivity contribution in [1.82, 2.24) is 4.90 Å². The molecule has 18 heavy (non-hydrogen) atoms. The number of nitrogens with zero attached hydrogens (tertiary/aromatic N) is 1. The Morgan fingerprint density at radius 3 is 2.56 bits per heavy atom. The summed E-state index contributed by atoms with van der Waals surface area (Å²) in [6.45, 7) is 5.46. The Morgan fingerprint density at radius 2 is 2.00 bits per heavy atom. The van der Waals surface area contributed by atoms with Gasteiger partial charge in [0, 0.05) is 25.6 Å². The van der Waals surface area contributed by atoms with Crippen molar-refractivity contribution in [1.29, 1.82) is 0 Å². The molecule has 3 heteroatoms. The van der Waals surface area contributed by atoms with Crippen LogP contribution >= 0.6 is 0 Å². The molecule has 0 fully saturated rings. The SMILES string of the molecule is CCN(Cc1ccccc1)C(=O)CCCC(C)N. The third-order valence-electron chi connectivity index (χ3n) is 3.00. The highest BCUT2D eigenvalue weighted by Gasteiger charge is 2.11. The maximum atomic E-state index is 12.0. The monoisotopic (exact) mass is 248 g/mol. The molecule has 0 saturated heterocycles. The lowest BCUT2D eigenvalue weighted by atomic mass is 10.1. The van der Waals surface area contributed by atoms with Crippen LogP contribution in [0.15, 0.2) is 30.3 Å². The Balaban J connectivity index is 2.43. The van der Waals surface area contributed by atoms with Crippen LogP contribution in [-0.4, -0.2) is 23.4 Å². The van der Waals surface area contributed by atoms with Crippen LogP contribution in [-0.2, 0) is 11.3 Å². The van der Waals surface area contributed by atoms with Crippen molar-refractivity contribution >= 4 is 5.91 Å². The van der Waals surface area contributed by atoms with E-state index in [4.69, 9.17) is 5.73 Å². The van der Waals surface area contributed by atoms with Gasteiger partial charge in [-0.05, 0) is 32.3 Å². The summed E-state index contributed by atoms with van der Waals surface area (Å²) >= 11 is 0. The molecule has 0 aliphatic carbocycles. The van der Waals surface area contributed by atoms with E-state index in [0.29, 0.717) is 13.0 Å². The molecule has 0 spiro atoms. The van der Waals surface area contributed by atoms with E-state index in [-0.39, 0.29) is 11.9 Å². The fourth-order valence-electron chi connectivity index (χ4n) is 1.91. The maximum Gasteiger partial charge on any atom is 0.222 e. The summed E-state index contributed by atoms with van der Waals surface area (Å²) in [6.07, 6.45) is 2.39. The molecule has 1 atom stereocenters. The molecule has 1 unspecified atom stereocenters. The van der Waals surface area contributed by atoms with Crippen molar-refractivity contribution in [2.75, 3.05) is 6.54 Å². The second kappa shape index (κ2) is 7.88. The van der Waals surface area contributed by atoms with Crippen LogP contribution in [0.25, 0.3) is 0 Å². The van der Waals surface area contributed by atoms with E-state index in [0.717, 1.165) is 19.4 Å². The number of amides is 1. The smallest absolute Gasteiger partial charge is 0.222 e. The molecular weight excluding hydrogens is 224 g/mol. The van der Waals surface area contributed by atoms with Crippen molar-refractivity contribution in [3.05, 3.63) is 35.9 Å². The first kappa shape index (κ1) is 14.7. The van der Waals surface area contributed by atoms with Crippen molar-refractivity contribution in [2.24, 2.45) is 5.73 Å². The lowest BCUT2D eigenvalue weighted by Crippen LogP contribution is -2.30. The van der Waals surface area contributed by atoms with Gasteiger partial charge in [0.25, 0.3) is 0 Å². The van der Waals surface area contributed by atoms with Crippen LogP contribution in [0.4, 0.5) is 0 Å². The van der Waals surface area contributed by atoms with Gasteiger partial charge in [-0.15, -0.1) is 0 Å². The van der Waals surface area contributed by atoms with Gasteiger partial charge in [0.05, 0.1) is 0 Å². The molecule has 0 heterocycles. The summed E-state index contributed by atoms with van der Waals surface area (Å²) in [5.41, 5.74) is 6.87. The molecule has 0 bridgehead atoms. The van der Waals surface area contributed by atoms with Crippen LogP contribution < -0.4 is 5.73 Å². The third kappa shape index (κ3) is 5.32. The van der Waals surface area contributed by atoms with Crippen LogP contribution in [0.1, 0.15) is 38.7 Å². The van der Waals surface area contributed by atoms with Gasteiger partial charge in [-0.25, -0.2) is 0 Å². The Bertz CT molecular complexity index is 349. The summed E-state index contributed by atoms with van der Waals surface area (Å²) in [5, 5.41) is 0. The highest BCUT2D eigenvalue weighted by Crippen LogP contribution is 2.08. The molecule has 100 valence electrons. The number of hydrogen-bond acceptors (Lipinski definition) is 2. The fourth-order valence-corrected chi connectivity index (χ4v) is 1.91. The maximum absolute atomic E-state index is 12.0. The van der Waals surface area contributed by atoms with Crippen LogP contribution in [0.5, 0.6) is 0 Å². The fraction of sp³-hybridized carbons (Fsp3) is 0.533. The van der Waals surface area contributed by atoms with Crippen molar-refractivity contribution in [3.63, 3.8) is 0 Å². The van der Waals surface area contributed by atoms with Crippen molar-refractivity contribution in [3.8, 4) is 0 Å². The first-order valence-corrected chi connectivity index (χ1v) is 6.70. The van der Waals surface area contributed by atoms with Gasteiger partial charge in [0.15, 0.2) is 0 Å². The van der Waals surface area contributed by atoms with E-state index in [1.165, 1.54) is 5.56 Å². The Morgan fingerprint density at radius 1 is 1.33 bits per heavy atom. The second-order valence-corrected chi connectivity index (χ2v) is 4.76. The zero-order valence-corrected chi connectivity index (χ0v) is 11.4. The first-order chi connectivity index (χ1) is 8.63. The van der Waals surface area contributed by atoms with Crippen LogP contribution in [0, 0.1) is 0 Å². The number of carbonyl (C=O) groups excluding carboxylic acids is 1. The molecule has 0 radical (unpaired) electrons. The average molecular weight is 248 g/mol. The summed E-state index contributed by atoms with van der Waals surface area (Å²) in [6, 6.07) is 10.3. The summed E-state index contributed by atoms with van der Waals surface area (Å²) in [4.78, 5) is 13.9. The molecular formula is C15H24N2O. The third-order valence-corrected chi connectivity index (χ3v) is 3.00. The number of rotatable bonds is 7. The minimum absolute atomic E-state index is 0.182. The van der Waals surface area contributed by atoms with Crippen molar-refractivity contribution in [2.45, 2.75) is 45.7 Å². The predicted molar refractivity (Wildman–Crippen MR) is 75.0 cm³/mol. The molecule has 0 aliphatic heterocycles. The number of nitrogens with two attached hydrogens (primary N) is 1. The zero-order valence-electron chi connectivity index (χ0n) is 11.4. The van der Waals surface area contributed by atoms with E-state index in [1.807, 2.05) is 36.9 Å². The minimum atomic E-state index is 0.182. The van der Waals surface area contributed by atoms with E-state index in [9.17, 15) is 4.79 Å². The van der Waals surface area contributed by atoms with Gasteiger partial charge in [-0.2, -0.15) is 0 Å². The number of hydrogen-bond donors (Lipinski definition) is 1. The summed E-state index contributed by atoms with van der Waals surface area (Å²) < 4.78 is 0. The van der Waals surface area contributed by atoms with Gasteiger partial charge in [0.1, 0.15) is 0 Å². The molecule has 3 nitrogen and oxygen atoms in total. The highest BCUT2D eigenvalue weighted by atomic mass is 16.2. The standard InChI is InChI=1S/C15H24N2O/c1-3-17(12-14-9-5-4-6-10-14)15(18)11-7-8-13(2)16/h4-6,9-10,13H,3,7-8,11-12,16H2,1-2H3. The lowest BCUT2D eigenvalue weighted by molar-refractivity contribution is -0.131. The van der Waals surface area contributed by atoms with E-state index in [2.05, 4.69) is 12.1 Å². The molecule has 0 aromatic heterocycles. The van der Waals surface area contributed by atoms with Crippen LogP contribution in [0.2, 0.25) is 0 Å². The van der Waals surface area contributed by atoms with Gasteiger partial charge in [-0.3, -0.25) is 4.79 Å². The van der Waals surface area contributed by atoms with E-state index < -0.39 is 0 Å². The van der Waals surface area contributed by atoms with Crippen LogP contribution in [0.3, 0.4) is 0 Å². The molecule has 2 N–H and O–H groups in total. The molecule has 0 saturated carbocycles. The van der Waals surface area contributed by atoms with E-state index in [1.54, 1.807) is 0 Å². The lowest BCUT2D eigenvalue weighted by Gasteiger charge is -2.21. The normalized spacial score (nSPS) is 12.2. The largest absolute Gasteiger partial charge is 0.339 e. The summed E-state index contributed by atoms with van der Waals surface area (Å²) in [5.74, 6) is 0.224. The van der Waals surface area contributed by atoms with Gasteiger partial charge in [0.2, 0.25) is 5.91 Å². The molecule has 0 aliphatic rings. The second-order valence-electron chi connectivity index (χ2n) is 4.76. The van der Waals surface area contributed by atoms with Crippen molar-refractivity contribution < 1.29 is 4.79 Å². The quantitative estimate of drug-likeness (QED) is 0.806. The first-order valence-electron chi connectivity index (χ1n) is 6.70. The molecule has 1 rings (SSSR count). The van der Waals surface area contributed by atoms with Gasteiger partial charge >= 0.3 is 0 Å². The molecule has 1 aromatic carbocycles. The summed E-state index contributed by atoms with van der Waals surface area (Å²) in [7, 11) is 0. The highest BCUT2D eigenvalue weighted by molar-refractivity contribution is 5.76. The number of benzene rings is 1. The van der Waals surface area contributed by atoms with Gasteiger partial charge in [-0.1, -0.05) is 30.3 Å². The Kier molecular flexibility index (Phi) is 6.44. The topological polar surface area (TPSA) is 46.3 Å². The number of carbonyl (C=O) groups is 1. The zero-order chi connectivity index (χ0) is 13.4. The minimum Gasteiger partial charge on any atom is -0.339 e. The average Bonchev–Trinajstić information content (AvgIpc) is 2.36. The predicted octanol–water partition coefficient (Wildman–Crippen LogP) is 2.55. The van der Waals surface area contributed by atoms with Gasteiger partial charge < -0.3 is 10.6 Å². The van der Waals surface area contributed by atoms with E-state index >= 15 is 0 Å². The molecule has 1 aromatic rings.